The normalized spacial score (nSPS) is 38.6. The molecule has 3 N–H and O–H groups in total. The summed E-state index contributed by atoms with van der Waals surface area (Å²) in [6.07, 6.45) is 3.90. The SMILES string of the molecule is C=C(C)[C@@]1(O)CCCC[C@@H]1N. The molecule has 0 bridgehead atoms. The van der Waals surface area contributed by atoms with Crippen LogP contribution in [-0.2, 0) is 0 Å². The van der Waals surface area contributed by atoms with E-state index >= 15 is 0 Å². The summed E-state index contributed by atoms with van der Waals surface area (Å²) in [6.45, 7) is 5.62. The van der Waals surface area contributed by atoms with Gasteiger partial charge in [0.2, 0.25) is 0 Å². The highest BCUT2D eigenvalue weighted by Crippen LogP contribution is 2.32. The van der Waals surface area contributed by atoms with Crippen LogP contribution >= 0.6 is 0 Å². The lowest BCUT2D eigenvalue weighted by atomic mass is 9.77. The van der Waals surface area contributed by atoms with Gasteiger partial charge in [-0.2, -0.15) is 0 Å². The fourth-order valence-corrected chi connectivity index (χ4v) is 1.71. The molecule has 1 fully saturated rings. The summed E-state index contributed by atoms with van der Waals surface area (Å²) < 4.78 is 0. The summed E-state index contributed by atoms with van der Waals surface area (Å²) in [7, 11) is 0. The van der Waals surface area contributed by atoms with E-state index in [0.29, 0.717) is 0 Å². The Morgan fingerprint density at radius 1 is 1.64 bits per heavy atom. The predicted molar refractivity (Wildman–Crippen MR) is 46.2 cm³/mol. The molecule has 0 spiro atoms. The Hall–Kier alpha value is -0.340. The molecule has 2 nitrogen and oxygen atoms in total. The number of nitrogens with two attached hydrogens (primary N) is 1. The van der Waals surface area contributed by atoms with Gasteiger partial charge < -0.3 is 10.8 Å². The third kappa shape index (κ3) is 1.47. The van der Waals surface area contributed by atoms with E-state index in [1.165, 1.54) is 0 Å². The summed E-state index contributed by atoms with van der Waals surface area (Å²) in [6, 6.07) is -0.103. The van der Waals surface area contributed by atoms with Crippen molar-refractivity contribution in [1.29, 1.82) is 0 Å². The minimum Gasteiger partial charge on any atom is -0.384 e. The first-order valence-corrected chi connectivity index (χ1v) is 4.21. The Morgan fingerprint density at radius 3 is 2.64 bits per heavy atom. The van der Waals surface area contributed by atoms with Gasteiger partial charge in [-0.25, -0.2) is 0 Å². The second kappa shape index (κ2) is 2.95. The van der Waals surface area contributed by atoms with Gasteiger partial charge in [-0.05, 0) is 25.3 Å². The van der Waals surface area contributed by atoms with Crippen molar-refractivity contribution in [1.82, 2.24) is 0 Å². The van der Waals surface area contributed by atoms with E-state index in [1.54, 1.807) is 0 Å². The van der Waals surface area contributed by atoms with Crippen molar-refractivity contribution in [2.75, 3.05) is 0 Å². The van der Waals surface area contributed by atoms with E-state index < -0.39 is 5.60 Å². The Labute approximate surface area is 68.1 Å². The maximum absolute atomic E-state index is 9.99. The van der Waals surface area contributed by atoms with E-state index in [9.17, 15) is 5.11 Å². The van der Waals surface area contributed by atoms with Gasteiger partial charge in [0, 0.05) is 6.04 Å². The van der Waals surface area contributed by atoms with Gasteiger partial charge >= 0.3 is 0 Å². The topological polar surface area (TPSA) is 46.2 Å². The molecule has 0 unspecified atom stereocenters. The summed E-state index contributed by atoms with van der Waals surface area (Å²) in [5, 5.41) is 9.99. The molecule has 2 heteroatoms. The fourth-order valence-electron chi connectivity index (χ4n) is 1.71. The molecule has 0 aromatic carbocycles. The molecule has 11 heavy (non-hydrogen) atoms. The quantitative estimate of drug-likeness (QED) is 0.559. The Balaban J connectivity index is 2.72. The van der Waals surface area contributed by atoms with Crippen LogP contribution in [0, 0.1) is 0 Å². The van der Waals surface area contributed by atoms with Gasteiger partial charge in [-0.3, -0.25) is 0 Å². The molecule has 1 rings (SSSR count). The molecule has 0 saturated heterocycles. The summed E-state index contributed by atoms with van der Waals surface area (Å²) in [4.78, 5) is 0. The van der Waals surface area contributed by atoms with Crippen LogP contribution in [0.1, 0.15) is 32.6 Å². The molecule has 0 heterocycles. The smallest absolute Gasteiger partial charge is 0.100 e. The van der Waals surface area contributed by atoms with Gasteiger partial charge in [-0.1, -0.05) is 19.4 Å². The largest absolute Gasteiger partial charge is 0.384 e. The maximum Gasteiger partial charge on any atom is 0.100 e. The van der Waals surface area contributed by atoms with Crippen LogP contribution in [0.15, 0.2) is 12.2 Å². The van der Waals surface area contributed by atoms with Crippen molar-refractivity contribution >= 4 is 0 Å². The van der Waals surface area contributed by atoms with Crippen LogP contribution in [0.2, 0.25) is 0 Å². The number of rotatable bonds is 1. The molecule has 0 aromatic rings. The molecule has 0 aliphatic heterocycles. The van der Waals surface area contributed by atoms with Gasteiger partial charge in [0.05, 0.1) is 0 Å². The Morgan fingerprint density at radius 2 is 2.27 bits per heavy atom. The lowest BCUT2D eigenvalue weighted by Crippen LogP contribution is -2.50. The average Bonchev–Trinajstić information content (AvgIpc) is 1.95. The first-order valence-electron chi connectivity index (χ1n) is 4.21. The molecule has 0 radical (unpaired) electrons. The van der Waals surface area contributed by atoms with Crippen molar-refractivity contribution in [3.05, 3.63) is 12.2 Å². The lowest BCUT2D eigenvalue weighted by Gasteiger charge is -2.38. The zero-order valence-corrected chi connectivity index (χ0v) is 7.14. The molecule has 1 saturated carbocycles. The first kappa shape index (κ1) is 8.75. The van der Waals surface area contributed by atoms with E-state index in [2.05, 4.69) is 6.58 Å². The third-order valence-corrected chi connectivity index (χ3v) is 2.68. The van der Waals surface area contributed by atoms with Crippen LogP contribution in [-0.4, -0.2) is 16.7 Å². The molecule has 1 aliphatic rings. The van der Waals surface area contributed by atoms with Crippen molar-refractivity contribution in [2.45, 2.75) is 44.2 Å². The molecule has 0 amide bonds. The number of hydrogen-bond donors (Lipinski definition) is 2. The Bertz CT molecular complexity index is 167. The van der Waals surface area contributed by atoms with Gasteiger partial charge in [0.25, 0.3) is 0 Å². The summed E-state index contributed by atoms with van der Waals surface area (Å²) in [5.41, 5.74) is 5.83. The second-order valence-electron chi connectivity index (χ2n) is 3.56. The highest BCUT2D eigenvalue weighted by Gasteiger charge is 2.36. The minimum atomic E-state index is -0.780. The molecular weight excluding hydrogens is 138 g/mol. The standard InChI is InChI=1S/C9H17NO/c1-7(2)9(11)6-4-3-5-8(9)10/h8,11H,1,3-6,10H2,2H3/t8-,9-/m0/s1. The number of hydrogen-bond acceptors (Lipinski definition) is 2. The Kier molecular flexibility index (Phi) is 2.35. The monoisotopic (exact) mass is 155 g/mol. The average molecular weight is 155 g/mol. The lowest BCUT2D eigenvalue weighted by molar-refractivity contribution is 0.0208. The van der Waals surface area contributed by atoms with Crippen LogP contribution in [0.25, 0.3) is 0 Å². The van der Waals surface area contributed by atoms with Crippen molar-refractivity contribution < 1.29 is 5.11 Å². The highest BCUT2D eigenvalue weighted by atomic mass is 16.3. The summed E-state index contributed by atoms with van der Waals surface area (Å²) in [5.74, 6) is 0. The van der Waals surface area contributed by atoms with Crippen molar-refractivity contribution in [3.63, 3.8) is 0 Å². The molecule has 1 aliphatic carbocycles. The first-order chi connectivity index (χ1) is 5.07. The molecule has 0 aromatic heterocycles. The fraction of sp³-hybridized carbons (Fsp3) is 0.778. The van der Waals surface area contributed by atoms with Crippen LogP contribution < -0.4 is 5.73 Å². The zero-order valence-electron chi connectivity index (χ0n) is 7.14. The molecule has 2 atom stereocenters. The zero-order chi connectivity index (χ0) is 8.48. The van der Waals surface area contributed by atoms with Crippen molar-refractivity contribution in [3.8, 4) is 0 Å². The van der Waals surface area contributed by atoms with Crippen LogP contribution in [0.4, 0.5) is 0 Å². The van der Waals surface area contributed by atoms with Gasteiger partial charge in [0.15, 0.2) is 0 Å². The van der Waals surface area contributed by atoms with E-state index in [4.69, 9.17) is 5.73 Å². The second-order valence-corrected chi connectivity index (χ2v) is 3.56. The molecular formula is C9H17NO. The van der Waals surface area contributed by atoms with Crippen LogP contribution in [0.3, 0.4) is 0 Å². The van der Waals surface area contributed by atoms with E-state index in [-0.39, 0.29) is 6.04 Å². The van der Waals surface area contributed by atoms with E-state index in [1.807, 2.05) is 6.92 Å². The van der Waals surface area contributed by atoms with Crippen LogP contribution in [0.5, 0.6) is 0 Å². The predicted octanol–water partition coefficient (Wildman–Crippen LogP) is 1.19. The molecule has 64 valence electrons. The van der Waals surface area contributed by atoms with Gasteiger partial charge in [0.1, 0.15) is 5.60 Å². The summed E-state index contributed by atoms with van der Waals surface area (Å²) >= 11 is 0. The highest BCUT2D eigenvalue weighted by molar-refractivity contribution is 5.15. The van der Waals surface area contributed by atoms with E-state index in [0.717, 1.165) is 31.3 Å². The van der Waals surface area contributed by atoms with Gasteiger partial charge in [-0.15, -0.1) is 0 Å². The third-order valence-electron chi connectivity index (χ3n) is 2.68. The van der Waals surface area contributed by atoms with Crippen molar-refractivity contribution in [2.24, 2.45) is 5.73 Å². The number of aliphatic hydroxyl groups is 1. The maximum atomic E-state index is 9.99. The minimum absolute atomic E-state index is 0.103.